The highest BCUT2D eigenvalue weighted by Crippen LogP contribution is 2.13. The third-order valence-corrected chi connectivity index (χ3v) is 2.63. The van der Waals surface area contributed by atoms with Crippen LogP contribution in [-0.2, 0) is 0 Å². The molecule has 90 valence electrons. The molecule has 1 N–H and O–H groups in total. The van der Waals surface area contributed by atoms with Crippen molar-refractivity contribution in [1.82, 2.24) is 0 Å². The lowest BCUT2D eigenvalue weighted by Gasteiger charge is -2.04. The molecule has 1 atom stereocenters. The molecule has 0 aliphatic rings. The summed E-state index contributed by atoms with van der Waals surface area (Å²) in [6.07, 6.45) is 2.16. The highest BCUT2D eigenvalue weighted by molar-refractivity contribution is 6.04. The number of aliphatic hydroxyl groups is 1. The fourth-order valence-corrected chi connectivity index (χ4v) is 1.64. The van der Waals surface area contributed by atoms with Crippen LogP contribution in [0.15, 0.2) is 72.8 Å². The summed E-state index contributed by atoms with van der Waals surface area (Å²) in [5.41, 5.74) is 1.39. The Hall–Kier alpha value is -2.19. The third-order valence-electron chi connectivity index (χ3n) is 2.63. The number of carbonyl (C=O) groups excluding carboxylic acids is 1. The standard InChI is InChI=1S/C16H14O2/c17-15(13-7-3-1-4-8-13)11-12-16(18)14-9-5-2-6-10-14/h1-12,15,17H/b12-11+/t15-/m0/s1. The number of allylic oxidation sites excluding steroid dienone is 1. The number of hydrogen-bond acceptors (Lipinski definition) is 2. The summed E-state index contributed by atoms with van der Waals surface area (Å²) >= 11 is 0. The minimum absolute atomic E-state index is 0.106. The molecule has 0 aliphatic carbocycles. The molecule has 0 aliphatic heterocycles. The van der Waals surface area contributed by atoms with E-state index in [0.29, 0.717) is 5.56 Å². The average molecular weight is 238 g/mol. The molecular formula is C16H14O2. The Morgan fingerprint density at radius 1 is 0.944 bits per heavy atom. The van der Waals surface area contributed by atoms with Crippen LogP contribution in [-0.4, -0.2) is 10.9 Å². The zero-order valence-corrected chi connectivity index (χ0v) is 9.86. The highest BCUT2D eigenvalue weighted by Gasteiger charge is 2.04. The second kappa shape index (κ2) is 5.94. The quantitative estimate of drug-likeness (QED) is 0.656. The van der Waals surface area contributed by atoms with Gasteiger partial charge in [0.25, 0.3) is 0 Å². The van der Waals surface area contributed by atoms with Crippen LogP contribution < -0.4 is 0 Å². The Morgan fingerprint density at radius 2 is 1.50 bits per heavy atom. The molecule has 2 nitrogen and oxygen atoms in total. The van der Waals surface area contributed by atoms with Gasteiger partial charge in [-0.15, -0.1) is 0 Å². The van der Waals surface area contributed by atoms with Gasteiger partial charge >= 0.3 is 0 Å². The van der Waals surface area contributed by atoms with E-state index < -0.39 is 6.10 Å². The summed E-state index contributed by atoms with van der Waals surface area (Å²) in [5.74, 6) is -0.106. The van der Waals surface area contributed by atoms with Crippen molar-refractivity contribution >= 4 is 5.78 Å². The normalized spacial score (nSPS) is 12.5. The first-order valence-corrected chi connectivity index (χ1v) is 5.78. The molecule has 0 bridgehead atoms. The van der Waals surface area contributed by atoms with Gasteiger partial charge in [0.05, 0.1) is 6.10 Å². The van der Waals surface area contributed by atoms with Crippen LogP contribution in [0.1, 0.15) is 22.0 Å². The minimum atomic E-state index is -0.751. The van der Waals surface area contributed by atoms with Gasteiger partial charge in [-0.2, -0.15) is 0 Å². The van der Waals surface area contributed by atoms with Gasteiger partial charge in [-0.3, -0.25) is 4.79 Å². The largest absolute Gasteiger partial charge is 0.384 e. The van der Waals surface area contributed by atoms with Crippen LogP contribution in [0.2, 0.25) is 0 Å². The van der Waals surface area contributed by atoms with Crippen LogP contribution >= 0.6 is 0 Å². The summed E-state index contributed by atoms with van der Waals surface area (Å²) in [7, 11) is 0. The van der Waals surface area contributed by atoms with Crippen LogP contribution in [0.5, 0.6) is 0 Å². The zero-order valence-electron chi connectivity index (χ0n) is 9.86. The van der Waals surface area contributed by atoms with Gasteiger partial charge in [0.1, 0.15) is 0 Å². The number of rotatable bonds is 4. The Kier molecular flexibility index (Phi) is 4.05. The average Bonchev–Trinajstić information content (AvgIpc) is 2.46. The summed E-state index contributed by atoms with van der Waals surface area (Å²) in [6.45, 7) is 0. The van der Waals surface area contributed by atoms with Gasteiger partial charge in [-0.05, 0) is 17.7 Å². The van der Waals surface area contributed by atoms with E-state index >= 15 is 0 Å². The number of hydrogen-bond donors (Lipinski definition) is 1. The van der Waals surface area contributed by atoms with E-state index in [1.165, 1.54) is 12.2 Å². The first-order valence-electron chi connectivity index (χ1n) is 5.78. The molecule has 2 heteroatoms. The van der Waals surface area contributed by atoms with Crippen molar-refractivity contribution in [2.75, 3.05) is 0 Å². The SMILES string of the molecule is O=C(/C=C/[C@H](O)c1ccccc1)c1ccccc1. The lowest BCUT2D eigenvalue weighted by atomic mass is 10.1. The Morgan fingerprint density at radius 3 is 2.11 bits per heavy atom. The van der Waals surface area contributed by atoms with Crippen LogP contribution in [0, 0.1) is 0 Å². The number of benzene rings is 2. The van der Waals surface area contributed by atoms with Crippen molar-refractivity contribution < 1.29 is 9.90 Å². The fourth-order valence-electron chi connectivity index (χ4n) is 1.64. The molecule has 0 saturated carbocycles. The van der Waals surface area contributed by atoms with E-state index in [0.717, 1.165) is 5.56 Å². The van der Waals surface area contributed by atoms with E-state index in [4.69, 9.17) is 0 Å². The molecule has 0 unspecified atom stereocenters. The van der Waals surface area contributed by atoms with E-state index in [2.05, 4.69) is 0 Å². The third kappa shape index (κ3) is 3.15. The van der Waals surface area contributed by atoms with Gasteiger partial charge < -0.3 is 5.11 Å². The monoisotopic (exact) mass is 238 g/mol. The Balaban J connectivity index is 2.06. The maximum absolute atomic E-state index is 11.8. The molecule has 0 spiro atoms. The predicted octanol–water partition coefficient (Wildman–Crippen LogP) is 3.16. The lowest BCUT2D eigenvalue weighted by molar-refractivity contribution is 0.104. The molecule has 0 saturated heterocycles. The van der Waals surface area contributed by atoms with Crippen molar-refractivity contribution in [2.45, 2.75) is 6.10 Å². The van der Waals surface area contributed by atoms with Gasteiger partial charge in [0.15, 0.2) is 5.78 Å². The lowest BCUT2D eigenvalue weighted by Crippen LogP contribution is -1.97. The molecule has 0 aromatic heterocycles. The zero-order chi connectivity index (χ0) is 12.8. The summed E-state index contributed by atoms with van der Waals surface area (Å²) in [6, 6.07) is 18.2. The molecule has 0 radical (unpaired) electrons. The molecule has 2 aromatic rings. The van der Waals surface area contributed by atoms with Gasteiger partial charge in [0.2, 0.25) is 0 Å². The van der Waals surface area contributed by atoms with Crippen molar-refractivity contribution in [3.8, 4) is 0 Å². The van der Waals surface area contributed by atoms with E-state index in [1.54, 1.807) is 12.1 Å². The van der Waals surface area contributed by atoms with Gasteiger partial charge in [-0.1, -0.05) is 60.7 Å². The molecule has 2 aromatic carbocycles. The molecule has 18 heavy (non-hydrogen) atoms. The number of aliphatic hydroxyl groups excluding tert-OH is 1. The van der Waals surface area contributed by atoms with Crippen molar-refractivity contribution in [3.63, 3.8) is 0 Å². The Bertz CT molecular complexity index is 530. The van der Waals surface area contributed by atoms with Crippen molar-refractivity contribution in [1.29, 1.82) is 0 Å². The second-order valence-electron chi connectivity index (χ2n) is 3.94. The fraction of sp³-hybridized carbons (Fsp3) is 0.0625. The topological polar surface area (TPSA) is 37.3 Å². The molecule has 2 rings (SSSR count). The van der Waals surface area contributed by atoms with Crippen molar-refractivity contribution in [2.24, 2.45) is 0 Å². The predicted molar refractivity (Wildman–Crippen MR) is 71.3 cm³/mol. The second-order valence-corrected chi connectivity index (χ2v) is 3.94. The van der Waals surface area contributed by atoms with Crippen LogP contribution in [0.3, 0.4) is 0 Å². The van der Waals surface area contributed by atoms with E-state index in [-0.39, 0.29) is 5.78 Å². The summed E-state index contributed by atoms with van der Waals surface area (Å²) in [4.78, 5) is 11.8. The van der Waals surface area contributed by atoms with Crippen LogP contribution in [0.4, 0.5) is 0 Å². The summed E-state index contributed by atoms with van der Waals surface area (Å²) in [5, 5.41) is 9.88. The Labute approximate surface area is 106 Å². The first-order chi connectivity index (χ1) is 8.77. The van der Waals surface area contributed by atoms with Gasteiger partial charge in [0, 0.05) is 5.56 Å². The highest BCUT2D eigenvalue weighted by atomic mass is 16.3. The maximum Gasteiger partial charge on any atom is 0.185 e. The molecule has 0 heterocycles. The maximum atomic E-state index is 11.8. The smallest absolute Gasteiger partial charge is 0.185 e. The van der Waals surface area contributed by atoms with E-state index in [9.17, 15) is 9.90 Å². The van der Waals surface area contributed by atoms with E-state index in [1.807, 2.05) is 48.5 Å². The molecule has 0 amide bonds. The molecular weight excluding hydrogens is 224 g/mol. The number of carbonyl (C=O) groups is 1. The number of ketones is 1. The minimum Gasteiger partial charge on any atom is -0.384 e. The van der Waals surface area contributed by atoms with Gasteiger partial charge in [-0.25, -0.2) is 0 Å². The van der Waals surface area contributed by atoms with Crippen molar-refractivity contribution in [3.05, 3.63) is 83.9 Å². The molecule has 0 fully saturated rings. The summed E-state index contributed by atoms with van der Waals surface area (Å²) < 4.78 is 0. The van der Waals surface area contributed by atoms with Crippen LogP contribution in [0.25, 0.3) is 0 Å². The first kappa shape index (κ1) is 12.3.